The van der Waals surface area contributed by atoms with E-state index in [0.717, 1.165) is 28.8 Å². The van der Waals surface area contributed by atoms with Crippen LogP contribution >= 0.6 is 0 Å². The number of nitrogens with zero attached hydrogens (tertiary/aromatic N) is 1. The summed E-state index contributed by atoms with van der Waals surface area (Å²) in [5.74, 6) is 0.755. The summed E-state index contributed by atoms with van der Waals surface area (Å²) in [5.41, 5.74) is 4.49. The number of methoxy groups -OCH3 is 1. The summed E-state index contributed by atoms with van der Waals surface area (Å²) in [6.07, 6.45) is 2.41. The number of ether oxygens (including phenoxy) is 2. The Kier molecular flexibility index (Phi) is 7.22. The van der Waals surface area contributed by atoms with Crippen LogP contribution in [0, 0.1) is 32.1 Å². The second kappa shape index (κ2) is 9.61. The van der Waals surface area contributed by atoms with E-state index in [4.69, 9.17) is 9.47 Å². The number of nitrogens with one attached hydrogen (secondary N) is 1. The zero-order valence-electron chi connectivity index (χ0n) is 17.1. The minimum atomic E-state index is -0.440. The van der Waals surface area contributed by atoms with Crippen molar-refractivity contribution in [2.75, 3.05) is 19.0 Å². The van der Waals surface area contributed by atoms with Crippen molar-refractivity contribution < 1.29 is 14.3 Å². The number of aryl methyl sites for hydroxylation is 3. The zero-order valence-corrected chi connectivity index (χ0v) is 17.1. The molecule has 2 aromatic rings. The van der Waals surface area contributed by atoms with Crippen LogP contribution in [0.2, 0.25) is 0 Å². The molecule has 5 nitrogen and oxygen atoms in total. The fourth-order valence-corrected chi connectivity index (χ4v) is 2.98. The molecule has 2 aromatic carbocycles. The molecular formula is C23H26N2O3. The van der Waals surface area contributed by atoms with E-state index in [-0.39, 0.29) is 5.57 Å². The van der Waals surface area contributed by atoms with Gasteiger partial charge < -0.3 is 14.8 Å². The number of rotatable bonds is 7. The molecule has 0 aliphatic rings. The van der Waals surface area contributed by atoms with Crippen LogP contribution in [0.4, 0.5) is 5.69 Å². The van der Waals surface area contributed by atoms with Gasteiger partial charge in [0, 0.05) is 5.69 Å². The largest absolute Gasteiger partial charge is 0.493 e. The number of nitriles is 1. The van der Waals surface area contributed by atoms with E-state index in [1.165, 1.54) is 0 Å². The maximum atomic E-state index is 12.7. The molecule has 0 fully saturated rings. The molecule has 1 amide bonds. The number of amides is 1. The molecule has 0 saturated heterocycles. The fraction of sp³-hybridized carbons (Fsp3) is 0.304. The van der Waals surface area contributed by atoms with Gasteiger partial charge in [0.2, 0.25) is 0 Å². The van der Waals surface area contributed by atoms with Gasteiger partial charge in [-0.15, -0.1) is 0 Å². The average molecular weight is 378 g/mol. The minimum absolute atomic E-state index is 0.0194. The van der Waals surface area contributed by atoms with E-state index in [1.54, 1.807) is 31.4 Å². The van der Waals surface area contributed by atoms with Gasteiger partial charge in [0.15, 0.2) is 11.5 Å². The van der Waals surface area contributed by atoms with E-state index in [9.17, 15) is 10.1 Å². The predicted molar refractivity (Wildman–Crippen MR) is 112 cm³/mol. The summed E-state index contributed by atoms with van der Waals surface area (Å²) in [7, 11) is 1.57. The molecule has 0 spiro atoms. The van der Waals surface area contributed by atoms with Gasteiger partial charge >= 0.3 is 0 Å². The molecule has 0 aliphatic carbocycles. The Balaban J connectivity index is 2.31. The monoisotopic (exact) mass is 378 g/mol. The first-order valence-electron chi connectivity index (χ1n) is 9.21. The van der Waals surface area contributed by atoms with Gasteiger partial charge in [0.25, 0.3) is 5.91 Å². The van der Waals surface area contributed by atoms with Gasteiger partial charge in [-0.05, 0) is 62.1 Å². The summed E-state index contributed by atoms with van der Waals surface area (Å²) in [4.78, 5) is 12.7. The maximum Gasteiger partial charge on any atom is 0.266 e. The molecular weight excluding hydrogens is 352 g/mol. The maximum absolute atomic E-state index is 12.7. The van der Waals surface area contributed by atoms with Crippen LogP contribution in [0.15, 0.2) is 35.9 Å². The van der Waals surface area contributed by atoms with Crippen molar-refractivity contribution in [2.24, 2.45) is 0 Å². The van der Waals surface area contributed by atoms with Gasteiger partial charge in [-0.25, -0.2) is 0 Å². The van der Waals surface area contributed by atoms with E-state index < -0.39 is 5.91 Å². The summed E-state index contributed by atoms with van der Waals surface area (Å²) in [6.45, 7) is 8.46. The lowest BCUT2D eigenvalue weighted by atomic mass is 10.0. The van der Waals surface area contributed by atoms with Crippen LogP contribution in [0.3, 0.4) is 0 Å². The number of hydrogen-bond acceptors (Lipinski definition) is 4. The second-order valence-electron chi connectivity index (χ2n) is 6.66. The Morgan fingerprint density at radius 3 is 2.39 bits per heavy atom. The van der Waals surface area contributed by atoms with Crippen molar-refractivity contribution in [2.45, 2.75) is 34.1 Å². The molecule has 0 unspecified atom stereocenters. The van der Waals surface area contributed by atoms with Gasteiger partial charge in [-0.2, -0.15) is 5.26 Å². The Labute approximate surface area is 166 Å². The Hall–Kier alpha value is -3.26. The number of benzene rings is 2. The first kappa shape index (κ1) is 21.0. The second-order valence-corrected chi connectivity index (χ2v) is 6.66. The third-order valence-electron chi connectivity index (χ3n) is 4.24. The van der Waals surface area contributed by atoms with Crippen molar-refractivity contribution in [1.82, 2.24) is 0 Å². The topological polar surface area (TPSA) is 71.3 Å². The number of carbonyl (C=O) groups excluding carboxylic acids is 1. The molecule has 0 atom stereocenters. The Morgan fingerprint density at radius 2 is 1.82 bits per heavy atom. The van der Waals surface area contributed by atoms with E-state index in [1.807, 2.05) is 45.9 Å². The third kappa shape index (κ3) is 5.14. The van der Waals surface area contributed by atoms with Gasteiger partial charge in [-0.3, -0.25) is 4.79 Å². The molecule has 0 aliphatic heterocycles. The van der Waals surface area contributed by atoms with E-state index in [0.29, 0.717) is 23.7 Å². The third-order valence-corrected chi connectivity index (χ3v) is 4.24. The lowest BCUT2D eigenvalue weighted by Crippen LogP contribution is -2.15. The highest BCUT2D eigenvalue weighted by atomic mass is 16.5. The molecule has 28 heavy (non-hydrogen) atoms. The molecule has 0 bridgehead atoms. The van der Waals surface area contributed by atoms with Crippen LogP contribution in [0.25, 0.3) is 6.08 Å². The minimum Gasteiger partial charge on any atom is -0.493 e. The fourth-order valence-electron chi connectivity index (χ4n) is 2.98. The van der Waals surface area contributed by atoms with Gasteiger partial charge in [0.1, 0.15) is 11.6 Å². The quantitative estimate of drug-likeness (QED) is 0.546. The molecule has 5 heteroatoms. The van der Waals surface area contributed by atoms with Crippen LogP contribution < -0.4 is 14.8 Å². The molecule has 0 aromatic heterocycles. The lowest BCUT2D eigenvalue weighted by molar-refractivity contribution is -0.112. The first-order valence-corrected chi connectivity index (χ1v) is 9.21. The SMILES string of the molecule is CCCOc1cc(/C=C(\C#N)C(=O)Nc2c(C)cc(C)cc2C)ccc1OC. The van der Waals surface area contributed by atoms with Crippen molar-refractivity contribution in [1.29, 1.82) is 5.26 Å². The molecule has 1 N–H and O–H groups in total. The average Bonchev–Trinajstić information content (AvgIpc) is 2.67. The van der Waals surface area contributed by atoms with Crippen LogP contribution in [0.5, 0.6) is 11.5 Å². The molecule has 146 valence electrons. The highest BCUT2D eigenvalue weighted by Gasteiger charge is 2.14. The summed E-state index contributed by atoms with van der Waals surface area (Å²) < 4.78 is 11.0. The predicted octanol–water partition coefficient (Wildman–Crippen LogP) is 4.95. The molecule has 0 heterocycles. The number of carbonyl (C=O) groups is 1. The molecule has 2 rings (SSSR count). The number of anilines is 1. The van der Waals surface area contributed by atoms with Crippen molar-refractivity contribution in [3.63, 3.8) is 0 Å². The van der Waals surface area contributed by atoms with Crippen LogP contribution in [0.1, 0.15) is 35.6 Å². The summed E-state index contributed by atoms with van der Waals surface area (Å²) in [5, 5.41) is 12.4. The lowest BCUT2D eigenvalue weighted by Gasteiger charge is -2.13. The summed E-state index contributed by atoms with van der Waals surface area (Å²) in [6, 6.07) is 11.3. The molecule has 0 saturated carbocycles. The van der Waals surface area contributed by atoms with Crippen molar-refractivity contribution in [3.05, 3.63) is 58.2 Å². The molecule has 0 radical (unpaired) electrons. The van der Waals surface area contributed by atoms with E-state index >= 15 is 0 Å². The van der Waals surface area contributed by atoms with Gasteiger partial charge in [0.05, 0.1) is 13.7 Å². The van der Waals surface area contributed by atoms with Gasteiger partial charge in [-0.1, -0.05) is 30.7 Å². The normalized spacial score (nSPS) is 10.9. The summed E-state index contributed by atoms with van der Waals surface area (Å²) >= 11 is 0. The van der Waals surface area contributed by atoms with Crippen molar-refractivity contribution in [3.8, 4) is 17.6 Å². The van der Waals surface area contributed by atoms with Crippen molar-refractivity contribution >= 4 is 17.7 Å². The Bertz CT molecular complexity index is 916. The van der Waals surface area contributed by atoms with Crippen LogP contribution in [-0.2, 0) is 4.79 Å². The van der Waals surface area contributed by atoms with E-state index in [2.05, 4.69) is 5.32 Å². The number of hydrogen-bond donors (Lipinski definition) is 1. The highest BCUT2D eigenvalue weighted by Crippen LogP contribution is 2.29. The standard InChI is InChI=1S/C23H26N2O3/c1-6-9-28-21-13-18(7-8-20(21)27-5)12-19(14-24)23(26)25-22-16(3)10-15(2)11-17(22)4/h7-8,10-13H,6,9H2,1-5H3,(H,25,26)/b19-12+. The smallest absolute Gasteiger partial charge is 0.266 e. The zero-order chi connectivity index (χ0) is 20.7. The first-order chi connectivity index (χ1) is 13.4. The van der Waals surface area contributed by atoms with Crippen LogP contribution in [-0.4, -0.2) is 19.6 Å². The Morgan fingerprint density at radius 1 is 1.14 bits per heavy atom. The highest BCUT2D eigenvalue weighted by molar-refractivity contribution is 6.10.